The molecule has 2 saturated carbocycles. The monoisotopic (exact) mass is 836 g/mol. The first-order valence-electron chi connectivity index (χ1n) is 20.2. The van der Waals surface area contributed by atoms with Crippen molar-refractivity contribution in [2.24, 2.45) is 0 Å². The van der Waals surface area contributed by atoms with Crippen molar-refractivity contribution in [2.45, 2.75) is 135 Å². The summed E-state index contributed by atoms with van der Waals surface area (Å²) in [6.07, 6.45) is 29.4. The summed E-state index contributed by atoms with van der Waals surface area (Å²) in [5.41, 5.74) is 3.14. The lowest BCUT2D eigenvalue weighted by Gasteiger charge is -2.28. The number of aromatic hydroxyl groups is 1. The SMILES string of the molecule is CCC(NC1CCCCC1)c1cncc(O)c1.CCC(NC1CCCCC1)c1cncc(OC)c1.CCC(O)c1cncc(OC)c1.COc1cncc(Br)c1. The molecule has 11 nitrogen and oxygen atoms in total. The van der Waals surface area contributed by atoms with Crippen molar-refractivity contribution < 1.29 is 24.4 Å². The molecule has 56 heavy (non-hydrogen) atoms. The van der Waals surface area contributed by atoms with E-state index in [0.717, 1.165) is 39.9 Å². The topological polar surface area (TPSA) is 144 Å². The number of aliphatic hydroxyl groups excluding tert-OH is 1. The maximum atomic E-state index is 9.47. The Bertz CT molecular complexity index is 1640. The van der Waals surface area contributed by atoms with Crippen LogP contribution in [0.25, 0.3) is 0 Å². The summed E-state index contributed by atoms with van der Waals surface area (Å²) in [7, 11) is 4.89. The molecule has 2 aliphatic rings. The molecule has 0 radical (unpaired) electrons. The largest absolute Gasteiger partial charge is 0.506 e. The van der Waals surface area contributed by atoms with Gasteiger partial charge in [0.05, 0.1) is 52.2 Å². The van der Waals surface area contributed by atoms with Crippen molar-refractivity contribution >= 4 is 15.9 Å². The van der Waals surface area contributed by atoms with Crippen molar-refractivity contribution in [1.82, 2.24) is 30.6 Å². The first-order chi connectivity index (χ1) is 27.2. The molecule has 4 heterocycles. The van der Waals surface area contributed by atoms with Crippen LogP contribution in [0, 0.1) is 0 Å². The first-order valence-corrected chi connectivity index (χ1v) is 21.0. The Hall–Kier alpha value is -3.84. The summed E-state index contributed by atoms with van der Waals surface area (Å²) in [5, 5.41) is 26.4. The van der Waals surface area contributed by atoms with E-state index in [2.05, 4.69) is 66.4 Å². The van der Waals surface area contributed by atoms with Gasteiger partial charge in [-0.05, 0) is 96.3 Å². The van der Waals surface area contributed by atoms with E-state index in [9.17, 15) is 10.2 Å². The second-order valence-electron chi connectivity index (χ2n) is 14.2. The van der Waals surface area contributed by atoms with Crippen LogP contribution in [-0.2, 0) is 0 Å². The van der Waals surface area contributed by atoms with Crippen molar-refractivity contribution in [1.29, 1.82) is 0 Å². The number of pyridine rings is 4. The van der Waals surface area contributed by atoms with Gasteiger partial charge in [-0.15, -0.1) is 0 Å². The van der Waals surface area contributed by atoms with Crippen LogP contribution < -0.4 is 24.8 Å². The number of aliphatic hydroxyl groups is 1. The molecular weight excluding hydrogens is 772 g/mol. The molecular formula is C44H65BrN6O5. The highest BCUT2D eigenvalue weighted by atomic mass is 79.9. The van der Waals surface area contributed by atoms with Gasteiger partial charge in [0.15, 0.2) is 0 Å². The number of ether oxygens (including phenoxy) is 3. The van der Waals surface area contributed by atoms with E-state index in [1.165, 1.54) is 76.0 Å². The molecule has 0 aliphatic heterocycles. The Balaban J connectivity index is 0.000000207. The van der Waals surface area contributed by atoms with Gasteiger partial charge in [-0.2, -0.15) is 0 Å². The smallest absolute Gasteiger partial charge is 0.138 e. The van der Waals surface area contributed by atoms with Crippen molar-refractivity contribution in [3.63, 3.8) is 0 Å². The number of methoxy groups -OCH3 is 3. The summed E-state index contributed by atoms with van der Waals surface area (Å²) >= 11 is 3.26. The van der Waals surface area contributed by atoms with Crippen LogP contribution in [0.15, 0.2) is 78.3 Å². The third-order valence-corrected chi connectivity index (χ3v) is 10.5. The predicted octanol–water partition coefficient (Wildman–Crippen LogP) is 10.0. The van der Waals surface area contributed by atoms with Gasteiger partial charge in [0.25, 0.3) is 0 Å². The Morgan fingerprint density at radius 3 is 1.39 bits per heavy atom. The molecule has 308 valence electrons. The molecule has 3 atom stereocenters. The summed E-state index contributed by atoms with van der Waals surface area (Å²) in [4.78, 5) is 16.1. The lowest BCUT2D eigenvalue weighted by molar-refractivity contribution is 0.173. The molecule has 0 spiro atoms. The number of hydrogen-bond acceptors (Lipinski definition) is 11. The summed E-state index contributed by atoms with van der Waals surface area (Å²) < 4.78 is 16.1. The number of aromatic nitrogens is 4. The molecule has 2 aliphatic carbocycles. The maximum Gasteiger partial charge on any atom is 0.138 e. The van der Waals surface area contributed by atoms with Crippen molar-refractivity contribution in [3.8, 4) is 23.0 Å². The standard InChI is InChI=1S/C15H24N2O.C14H22N2O.C9H13NO2.C6H6BrNO/c1-3-15(17-13-7-5-4-6-8-13)12-9-14(18-2)11-16-10-12;1-2-14(11-8-13(17)10-15-9-11)16-12-6-4-3-5-7-12;1-3-9(11)7-4-8(12-2)6-10-5-7;1-9-6-2-5(7)3-8-4-6/h9-11,13,15,17H,3-8H2,1-2H3;8-10,12,14,16-17H,2-7H2,1H3;4-6,9,11H,3H2,1-2H3;2-4H,1H3. The molecule has 4 N–H and O–H groups in total. The van der Waals surface area contributed by atoms with Crippen LogP contribution in [0.4, 0.5) is 0 Å². The van der Waals surface area contributed by atoms with E-state index in [-0.39, 0.29) is 5.75 Å². The third-order valence-electron chi connectivity index (χ3n) is 10.1. The Kier molecular flexibility index (Phi) is 22.4. The molecule has 0 aromatic carbocycles. The van der Waals surface area contributed by atoms with Gasteiger partial charge < -0.3 is 35.1 Å². The minimum Gasteiger partial charge on any atom is -0.506 e. The zero-order valence-corrected chi connectivity index (χ0v) is 35.9. The van der Waals surface area contributed by atoms with Crippen LogP contribution in [0.3, 0.4) is 0 Å². The fraction of sp³-hybridized carbons (Fsp3) is 0.545. The zero-order valence-electron chi connectivity index (χ0n) is 34.3. The lowest BCUT2D eigenvalue weighted by Crippen LogP contribution is -2.34. The van der Waals surface area contributed by atoms with Crippen LogP contribution in [-0.4, -0.2) is 63.6 Å². The van der Waals surface area contributed by atoms with Crippen LogP contribution in [0.1, 0.15) is 139 Å². The average molecular weight is 838 g/mol. The van der Waals surface area contributed by atoms with Crippen molar-refractivity contribution in [3.05, 3.63) is 95.0 Å². The average Bonchev–Trinajstić information content (AvgIpc) is 3.25. The van der Waals surface area contributed by atoms with Gasteiger partial charge in [0, 0.05) is 59.0 Å². The molecule has 3 unspecified atom stereocenters. The van der Waals surface area contributed by atoms with Gasteiger partial charge in [-0.3, -0.25) is 19.9 Å². The summed E-state index contributed by atoms with van der Waals surface area (Å²) in [5.74, 6) is 2.55. The van der Waals surface area contributed by atoms with Crippen LogP contribution in [0.5, 0.6) is 23.0 Å². The molecule has 0 bridgehead atoms. The van der Waals surface area contributed by atoms with Gasteiger partial charge in [-0.25, -0.2) is 0 Å². The lowest BCUT2D eigenvalue weighted by atomic mass is 9.93. The maximum absolute atomic E-state index is 9.47. The molecule has 12 heteroatoms. The second kappa shape index (κ2) is 26.9. The zero-order chi connectivity index (χ0) is 40.5. The van der Waals surface area contributed by atoms with Gasteiger partial charge in [-0.1, -0.05) is 59.3 Å². The van der Waals surface area contributed by atoms with E-state index in [1.54, 1.807) is 58.4 Å². The predicted molar refractivity (Wildman–Crippen MR) is 227 cm³/mol. The normalized spacial score (nSPS) is 15.9. The Morgan fingerprint density at radius 1 is 0.571 bits per heavy atom. The molecule has 4 aromatic heterocycles. The van der Waals surface area contributed by atoms with E-state index >= 15 is 0 Å². The van der Waals surface area contributed by atoms with E-state index in [4.69, 9.17) is 14.2 Å². The fourth-order valence-electron chi connectivity index (χ4n) is 6.85. The highest BCUT2D eigenvalue weighted by molar-refractivity contribution is 9.10. The minimum atomic E-state index is -0.437. The number of rotatable bonds is 13. The van der Waals surface area contributed by atoms with Crippen LogP contribution >= 0.6 is 15.9 Å². The number of halogens is 1. The van der Waals surface area contributed by atoms with E-state index in [0.29, 0.717) is 36.3 Å². The quantitative estimate of drug-likeness (QED) is 0.102. The number of nitrogens with zero attached hydrogens (tertiary/aromatic N) is 4. The summed E-state index contributed by atoms with van der Waals surface area (Å²) in [6, 6.07) is 9.58. The van der Waals surface area contributed by atoms with Crippen molar-refractivity contribution in [2.75, 3.05) is 21.3 Å². The third kappa shape index (κ3) is 17.1. The molecule has 0 saturated heterocycles. The molecule has 6 rings (SSSR count). The van der Waals surface area contributed by atoms with Gasteiger partial charge in [0.1, 0.15) is 23.0 Å². The fourth-order valence-corrected chi connectivity index (χ4v) is 7.19. The Morgan fingerprint density at radius 2 is 0.982 bits per heavy atom. The van der Waals surface area contributed by atoms with Gasteiger partial charge >= 0.3 is 0 Å². The number of hydrogen-bond donors (Lipinski definition) is 4. The molecule has 2 fully saturated rings. The Labute approximate surface area is 343 Å². The second-order valence-corrected chi connectivity index (χ2v) is 15.1. The van der Waals surface area contributed by atoms with Gasteiger partial charge in [0.2, 0.25) is 0 Å². The van der Waals surface area contributed by atoms with E-state index in [1.807, 2.05) is 31.5 Å². The highest BCUT2D eigenvalue weighted by Crippen LogP contribution is 2.26. The first kappa shape index (κ1) is 46.5. The number of nitrogens with one attached hydrogen (secondary N) is 2. The van der Waals surface area contributed by atoms with E-state index < -0.39 is 6.10 Å². The molecule has 0 amide bonds. The molecule has 4 aromatic rings. The highest BCUT2D eigenvalue weighted by Gasteiger charge is 2.20. The minimum absolute atomic E-state index is 0.256. The summed E-state index contributed by atoms with van der Waals surface area (Å²) in [6.45, 7) is 6.31. The van der Waals surface area contributed by atoms with Crippen LogP contribution in [0.2, 0.25) is 0 Å².